The summed E-state index contributed by atoms with van der Waals surface area (Å²) in [6.07, 6.45) is 5.25. The highest BCUT2D eigenvalue weighted by Crippen LogP contribution is 2.31. The molecule has 0 fully saturated rings. The number of carbonyl (C=O) groups excluding carboxylic acids is 2. The Morgan fingerprint density at radius 3 is 2.57 bits per heavy atom. The first-order chi connectivity index (χ1) is 14.5. The van der Waals surface area contributed by atoms with Crippen molar-refractivity contribution in [2.75, 3.05) is 6.54 Å². The van der Waals surface area contributed by atoms with Crippen LogP contribution in [0.1, 0.15) is 33.5 Å². The van der Waals surface area contributed by atoms with E-state index in [0.29, 0.717) is 17.1 Å². The van der Waals surface area contributed by atoms with E-state index in [1.807, 2.05) is 38.1 Å². The van der Waals surface area contributed by atoms with Gasteiger partial charge in [0, 0.05) is 43.0 Å². The van der Waals surface area contributed by atoms with Gasteiger partial charge in [0.1, 0.15) is 5.03 Å². The molecule has 2 aromatic heterocycles. The molecule has 3 aromatic rings. The van der Waals surface area contributed by atoms with Crippen LogP contribution in [0.4, 0.5) is 0 Å². The Kier molecular flexibility index (Phi) is 7.57. The van der Waals surface area contributed by atoms with E-state index in [0.717, 1.165) is 16.0 Å². The van der Waals surface area contributed by atoms with Gasteiger partial charge >= 0.3 is 0 Å². The van der Waals surface area contributed by atoms with Crippen LogP contribution in [0.3, 0.4) is 0 Å². The van der Waals surface area contributed by atoms with Gasteiger partial charge in [-0.05, 0) is 55.3 Å². The normalized spacial score (nSPS) is 10.5. The summed E-state index contributed by atoms with van der Waals surface area (Å²) in [7, 11) is 0. The molecule has 2 N–H and O–H groups in total. The third-order valence-electron chi connectivity index (χ3n) is 4.43. The third-order valence-corrected chi connectivity index (χ3v) is 5.63. The molecule has 3 rings (SSSR count). The van der Waals surface area contributed by atoms with Crippen molar-refractivity contribution in [3.05, 3.63) is 83.3 Å². The lowest BCUT2D eigenvalue weighted by atomic mass is 10.2. The summed E-state index contributed by atoms with van der Waals surface area (Å²) < 4.78 is 0. The lowest BCUT2D eigenvalue weighted by Crippen LogP contribution is -2.30. The minimum atomic E-state index is -0.239. The van der Waals surface area contributed by atoms with Gasteiger partial charge in [-0.25, -0.2) is 4.98 Å². The number of hydrogen-bond donors (Lipinski definition) is 2. The van der Waals surface area contributed by atoms with E-state index >= 15 is 0 Å². The first-order valence-electron chi connectivity index (χ1n) is 9.67. The second kappa shape index (κ2) is 10.5. The summed E-state index contributed by atoms with van der Waals surface area (Å²) >= 11 is 1.47. The van der Waals surface area contributed by atoms with Crippen LogP contribution >= 0.6 is 11.8 Å². The second-order valence-corrected chi connectivity index (χ2v) is 7.90. The highest BCUT2D eigenvalue weighted by atomic mass is 32.2. The van der Waals surface area contributed by atoms with Gasteiger partial charge in [0.15, 0.2) is 0 Å². The molecule has 0 bridgehead atoms. The van der Waals surface area contributed by atoms with Gasteiger partial charge in [0.05, 0.1) is 5.56 Å². The minimum absolute atomic E-state index is 0.122. The summed E-state index contributed by atoms with van der Waals surface area (Å²) in [5, 5.41) is 6.29. The maximum absolute atomic E-state index is 12.7. The van der Waals surface area contributed by atoms with Crippen molar-refractivity contribution in [3.63, 3.8) is 0 Å². The zero-order valence-electron chi connectivity index (χ0n) is 17.0. The molecule has 0 aliphatic rings. The van der Waals surface area contributed by atoms with Gasteiger partial charge in [-0.1, -0.05) is 29.5 Å². The van der Waals surface area contributed by atoms with E-state index < -0.39 is 0 Å². The Hall–Kier alpha value is -3.19. The zero-order valence-corrected chi connectivity index (χ0v) is 17.8. The highest BCUT2D eigenvalue weighted by molar-refractivity contribution is 7.99. The fraction of sp³-hybridized carbons (Fsp3) is 0.217. The Morgan fingerprint density at radius 1 is 1.00 bits per heavy atom. The van der Waals surface area contributed by atoms with E-state index in [1.165, 1.54) is 17.3 Å². The number of amides is 2. The fourth-order valence-electron chi connectivity index (χ4n) is 2.84. The van der Waals surface area contributed by atoms with Crippen molar-refractivity contribution in [3.8, 4) is 0 Å². The van der Waals surface area contributed by atoms with E-state index in [2.05, 4.69) is 26.7 Å². The lowest BCUT2D eigenvalue weighted by Gasteiger charge is -2.11. The molecule has 0 unspecified atom stereocenters. The second-order valence-electron chi connectivity index (χ2n) is 6.87. The summed E-state index contributed by atoms with van der Waals surface area (Å²) in [5.74, 6) is -0.361. The van der Waals surface area contributed by atoms with E-state index in [1.54, 1.807) is 30.7 Å². The maximum Gasteiger partial charge on any atom is 0.254 e. The summed E-state index contributed by atoms with van der Waals surface area (Å²) in [6.45, 7) is 4.79. The number of benzene rings is 1. The summed E-state index contributed by atoms with van der Waals surface area (Å²) in [6, 6.07) is 13.4. The number of aryl methyl sites for hydroxylation is 2. The monoisotopic (exact) mass is 420 g/mol. The lowest BCUT2D eigenvalue weighted by molar-refractivity contribution is -0.121. The predicted octanol–water partition coefficient (Wildman–Crippen LogP) is 3.68. The standard InChI is InChI=1S/C23H24N4O2S/c1-16-5-6-20(17(2)14-16)30-23-19(4-3-10-26-23)22(29)25-13-9-21(28)27-15-18-7-11-24-12-8-18/h3-8,10-12,14H,9,13,15H2,1-2H3,(H,25,29)(H,27,28). The largest absolute Gasteiger partial charge is 0.352 e. The molecule has 0 aliphatic heterocycles. The average molecular weight is 421 g/mol. The molecule has 30 heavy (non-hydrogen) atoms. The molecule has 2 amide bonds. The molecule has 0 atom stereocenters. The average Bonchev–Trinajstić information content (AvgIpc) is 2.75. The van der Waals surface area contributed by atoms with Crippen LogP contribution in [0.5, 0.6) is 0 Å². The molecule has 0 aliphatic carbocycles. The number of aromatic nitrogens is 2. The Bertz CT molecular complexity index is 1020. The number of nitrogens with zero attached hydrogens (tertiary/aromatic N) is 2. The Morgan fingerprint density at radius 2 is 1.80 bits per heavy atom. The SMILES string of the molecule is Cc1ccc(Sc2ncccc2C(=O)NCCC(=O)NCc2ccncc2)c(C)c1. The summed E-state index contributed by atoms with van der Waals surface area (Å²) in [4.78, 5) is 34.1. The van der Waals surface area contributed by atoms with Crippen LogP contribution in [-0.2, 0) is 11.3 Å². The molecule has 1 aromatic carbocycles. The molecule has 0 saturated heterocycles. The van der Waals surface area contributed by atoms with Crippen LogP contribution in [0, 0.1) is 13.8 Å². The number of carbonyl (C=O) groups is 2. The van der Waals surface area contributed by atoms with E-state index in [-0.39, 0.29) is 24.8 Å². The quantitative estimate of drug-likeness (QED) is 0.581. The van der Waals surface area contributed by atoms with Crippen molar-refractivity contribution in [1.82, 2.24) is 20.6 Å². The van der Waals surface area contributed by atoms with Gasteiger partial charge in [-0.15, -0.1) is 0 Å². The van der Waals surface area contributed by atoms with Crippen molar-refractivity contribution < 1.29 is 9.59 Å². The molecule has 0 spiro atoms. The van der Waals surface area contributed by atoms with Crippen molar-refractivity contribution in [2.24, 2.45) is 0 Å². The van der Waals surface area contributed by atoms with Crippen LogP contribution < -0.4 is 10.6 Å². The van der Waals surface area contributed by atoms with Gasteiger partial charge in [-0.2, -0.15) is 0 Å². The van der Waals surface area contributed by atoms with Crippen molar-refractivity contribution in [2.45, 2.75) is 36.7 Å². The van der Waals surface area contributed by atoms with Gasteiger partial charge in [0.25, 0.3) is 5.91 Å². The van der Waals surface area contributed by atoms with Crippen LogP contribution in [0.25, 0.3) is 0 Å². The molecule has 7 heteroatoms. The topological polar surface area (TPSA) is 84.0 Å². The molecule has 2 heterocycles. The number of rotatable bonds is 8. The Labute approximate surface area is 180 Å². The minimum Gasteiger partial charge on any atom is -0.352 e. The predicted molar refractivity (Wildman–Crippen MR) is 117 cm³/mol. The van der Waals surface area contributed by atoms with Gasteiger partial charge in [0.2, 0.25) is 5.91 Å². The van der Waals surface area contributed by atoms with Crippen LogP contribution in [0.15, 0.2) is 71.0 Å². The summed E-state index contributed by atoms with van der Waals surface area (Å²) in [5.41, 5.74) is 3.81. The molecular weight excluding hydrogens is 396 g/mol. The van der Waals surface area contributed by atoms with Crippen molar-refractivity contribution >= 4 is 23.6 Å². The highest BCUT2D eigenvalue weighted by Gasteiger charge is 2.14. The van der Waals surface area contributed by atoms with Gasteiger partial charge < -0.3 is 10.6 Å². The fourth-order valence-corrected chi connectivity index (χ4v) is 3.79. The number of nitrogens with one attached hydrogen (secondary N) is 2. The van der Waals surface area contributed by atoms with E-state index in [4.69, 9.17) is 0 Å². The first-order valence-corrected chi connectivity index (χ1v) is 10.5. The number of hydrogen-bond acceptors (Lipinski definition) is 5. The smallest absolute Gasteiger partial charge is 0.254 e. The van der Waals surface area contributed by atoms with Crippen molar-refractivity contribution in [1.29, 1.82) is 0 Å². The number of pyridine rings is 2. The Balaban J connectivity index is 1.53. The molecular formula is C23H24N4O2S. The molecule has 154 valence electrons. The third kappa shape index (κ3) is 6.15. The van der Waals surface area contributed by atoms with Crippen LogP contribution in [-0.4, -0.2) is 28.3 Å². The molecule has 0 radical (unpaired) electrons. The molecule has 0 saturated carbocycles. The zero-order chi connectivity index (χ0) is 21.3. The van der Waals surface area contributed by atoms with E-state index in [9.17, 15) is 9.59 Å². The molecule has 6 nitrogen and oxygen atoms in total. The maximum atomic E-state index is 12.7. The van der Waals surface area contributed by atoms with Gasteiger partial charge in [-0.3, -0.25) is 14.6 Å². The first kappa shape index (κ1) is 21.5. The van der Waals surface area contributed by atoms with Crippen LogP contribution in [0.2, 0.25) is 0 Å².